The molecule has 0 aliphatic rings. The zero-order chi connectivity index (χ0) is 17.5. The molecule has 5 heteroatoms. The van der Waals surface area contributed by atoms with E-state index in [9.17, 15) is 14.0 Å². The number of para-hydroxylation sites is 1. The molecule has 4 nitrogen and oxygen atoms in total. The van der Waals surface area contributed by atoms with Crippen LogP contribution in [0.2, 0.25) is 0 Å². The molecule has 1 N–H and O–H groups in total. The highest BCUT2D eigenvalue weighted by atomic mass is 19.1. The molecule has 2 amide bonds. The number of amides is 2. The van der Waals surface area contributed by atoms with Gasteiger partial charge in [0.1, 0.15) is 5.82 Å². The molecule has 0 atom stereocenters. The molecule has 0 heterocycles. The van der Waals surface area contributed by atoms with Gasteiger partial charge in [0.2, 0.25) is 11.8 Å². The fraction of sp³-hybridized carbons (Fsp3) is 0.263. The lowest BCUT2D eigenvalue weighted by Gasteiger charge is -2.22. The van der Waals surface area contributed by atoms with E-state index in [1.807, 2.05) is 31.2 Å². The van der Waals surface area contributed by atoms with E-state index in [1.165, 1.54) is 17.9 Å². The molecular formula is C19H21FN2O2. The van der Waals surface area contributed by atoms with Crippen LogP contribution in [0.25, 0.3) is 0 Å². The van der Waals surface area contributed by atoms with Crippen LogP contribution in [0.5, 0.6) is 0 Å². The molecule has 0 radical (unpaired) electrons. The molecule has 0 saturated carbocycles. The van der Waals surface area contributed by atoms with E-state index in [2.05, 4.69) is 5.32 Å². The molecule has 2 aromatic carbocycles. The van der Waals surface area contributed by atoms with Crippen molar-refractivity contribution in [2.75, 3.05) is 18.0 Å². The highest BCUT2D eigenvalue weighted by molar-refractivity contribution is 5.91. The van der Waals surface area contributed by atoms with Crippen LogP contribution in [-0.2, 0) is 16.0 Å². The second-order valence-corrected chi connectivity index (χ2v) is 5.58. The van der Waals surface area contributed by atoms with Crippen LogP contribution in [0, 0.1) is 12.7 Å². The van der Waals surface area contributed by atoms with Crippen molar-refractivity contribution in [3.05, 3.63) is 65.5 Å². The topological polar surface area (TPSA) is 49.4 Å². The average Bonchev–Trinajstić information content (AvgIpc) is 2.54. The van der Waals surface area contributed by atoms with Gasteiger partial charge in [0, 0.05) is 20.0 Å². The van der Waals surface area contributed by atoms with E-state index >= 15 is 0 Å². The maximum atomic E-state index is 13.8. The van der Waals surface area contributed by atoms with Gasteiger partial charge < -0.3 is 10.2 Å². The van der Waals surface area contributed by atoms with Gasteiger partial charge in [0.25, 0.3) is 0 Å². The van der Waals surface area contributed by atoms with Crippen LogP contribution in [-0.4, -0.2) is 24.9 Å². The van der Waals surface area contributed by atoms with Gasteiger partial charge in [0.15, 0.2) is 0 Å². The summed E-state index contributed by atoms with van der Waals surface area (Å²) in [6, 6.07) is 13.8. The normalized spacial score (nSPS) is 10.3. The predicted octanol–water partition coefficient (Wildman–Crippen LogP) is 2.85. The van der Waals surface area contributed by atoms with Crippen LogP contribution < -0.4 is 10.2 Å². The molecule has 0 fully saturated rings. The summed E-state index contributed by atoms with van der Waals surface area (Å²) in [6.07, 6.45) is 0.284. The van der Waals surface area contributed by atoms with Gasteiger partial charge in [0.05, 0.1) is 12.1 Å². The number of nitrogens with one attached hydrogen (secondary N) is 1. The Hall–Kier alpha value is -2.69. The number of hydrogen-bond donors (Lipinski definition) is 1. The first-order valence-corrected chi connectivity index (χ1v) is 7.83. The van der Waals surface area contributed by atoms with Crippen LogP contribution in [0.15, 0.2) is 48.5 Å². The van der Waals surface area contributed by atoms with Crippen molar-refractivity contribution in [2.24, 2.45) is 0 Å². The molecule has 0 aliphatic heterocycles. The van der Waals surface area contributed by atoms with Gasteiger partial charge in [-0.25, -0.2) is 4.39 Å². The molecule has 0 bridgehead atoms. The molecule has 0 aromatic heterocycles. The number of halogens is 1. The lowest BCUT2D eigenvalue weighted by Crippen LogP contribution is -2.38. The number of nitrogens with zero attached hydrogens (tertiary/aromatic N) is 1. The van der Waals surface area contributed by atoms with Gasteiger partial charge in [-0.15, -0.1) is 0 Å². The number of rotatable bonds is 6. The summed E-state index contributed by atoms with van der Waals surface area (Å²) in [6.45, 7) is 3.81. The summed E-state index contributed by atoms with van der Waals surface area (Å²) in [7, 11) is 0. The largest absolute Gasteiger partial charge is 0.354 e. The van der Waals surface area contributed by atoms with Crippen LogP contribution in [0.1, 0.15) is 18.1 Å². The number of benzene rings is 2. The van der Waals surface area contributed by atoms with Crippen molar-refractivity contribution in [1.29, 1.82) is 0 Å². The maximum Gasteiger partial charge on any atom is 0.224 e. The third-order valence-corrected chi connectivity index (χ3v) is 3.79. The van der Waals surface area contributed by atoms with Crippen molar-refractivity contribution < 1.29 is 14.0 Å². The predicted molar refractivity (Wildman–Crippen MR) is 92.3 cm³/mol. The Morgan fingerprint density at radius 3 is 2.42 bits per heavy atom. The lowest BCUT2D eigenvalue weighted by molar-refractivity contribution is -0.121. The Morgan fingerprint density at radius 2 is 1.75 bits per heavy atom. The van der Waals surface area contributed by atoms with Gasteiger partial charge in [-0.1, -0.05) is 36.4 Å². The van der Waals surface area contributed by atoms with Gasteiger partial charge in [-0.2, -0.15) is 0 Å². The number of carbonyl (C=O) groups is 2. The van der Waals surface area contributed by atoms with Crippen molar-refractivity contribution in [2.45, 2.75) is 20.3 Å². The van der Waals surface area contributed by atoms with E-state index < -0.39 is 5.82 Å². The fourth-order valence-electron chi connectivity index (χ4n) is 2.47. The maximum absolute atomic E-state index is 13.8. The third-order valence-electron chi connectivity index (χ3n) is 3.79. The average molecular weight is 328 g/mol. The summed E-state index contributed by atoms with van der Waals surface area (Å²) >= 11 is 0. The molecule has 0 aliphatic carbocycles. The molecule has 2 aromatic rings. The Morgan fingerprint density at radius 1 is 1.08 bits per heavy atom. The van der Waals surface area contributed by atoms with Crippen LogP contribution in [0.3, 0.4) is 0 Å². The Kier molecular flexibility index (Phi) is 6.07. The fourth-order valence-corrected chi connectivity index (χ4v) is 2.47. The summed E-state index contributed by atoms with van der Waals surface area (Å²) in [5.41, 5.74) is 2.25. The third kappa shape index (κ3) is 4.65. The Labute approximate surface area is 141 Å². The summed E-state index contributed by atoms with van der Waals surface area (Å²) in [5.74, 6) is -0.853. The van der Waals surface area contributed by atoms with Gasteiger partial charge >= 0.3 is 0 Å². The molecule has 0 unspecified atom stereocenters. The standard InChI is InChI=1S/C19H21FN2O2/c1-14-7-3-4-8-16(14)13-19(24)21-11-12-22(15(2)23)18-10-6-5-9-17(18)20/h3-10H,11-13H2,1-2H3,(H,21,24). The molecule has 24 heavy (non-hydrogen) atoms. The number of carbonyl (C=O) groups excluding carboxylic acids is 2. The number of hydrogen-bond acceptors (Lipinski definition) is 2. The molecule has 2 rings (SSSR count). The Balaban J connectivity index is 1.92. The second-order valence-electron chi connectivity index (χ2n) is 5.58. The van der Waals surface area contributed by atoms with E-state index in [4.69, 9.17) is 0 Å². The second kappa shape index (κ2) is 8.24. The van der Waals surface area contributed by atoms with Crippen molar-refractivity contribution in [3.8, 4) is 0 Å². The van der Waals surface area contributed by atoms with E-state index in [0.717, 1.165) is 11.1 Å². The van der Waals surface area contributed by atoms with Crippen molar-refractivity contribution in [3.63, 3.8) is 0 Å². The Bertz CT molecular complexity index is 731. The zero-order valence-corrected chi connectivity index (χ0v) is 13.9. The summed E-state index contributed by atoms with van der Waals surface area (Å²) in [4.78, 5) is 25.1. The van der Waals surface area contributed by atoms with E-state index in [-0.39, 0.29) is 37.0 Å². The molecule has 0 spiro atoms. The zero-order valence-electron chi connectivity index (χ0n) is 13.9. The highest BCUT2D eigenvalue weighted by Gasteiger charge is 2.15. The first-order chi connectivity index (χ1) is 11.5. The quantitative estimate of drug-likeness (QED) is 0.886. The minimum absolute atomic E-state index is 0.124. The molecule has 0 saturated heterocycles. The van der Waals surface area contributed by atoms with E-state index in [1.54, 1.807) is 18.2 Å². The smallest absolute Gasteiger partial charge is 0.224 e. The molecule has 126 valence electrons. The summed E-state index contributed by atoms with van der Waals surface area (Å²) < 4.78 is 13.8. The van der Waals surface area contributed by atoms with Gasteiger partial charge in [-0.3, -0.25) is 9.59 Å². The van der Waals surface area contributed by atoms with Gasteiger partial charge in [-0.05, 0) is 30.2 Å². The number of aryl methyl sites for hydroxylation is 1. The first kappa shape index (κ1) is 17.7. The van der Waals surface area contributed by atoms with Crippen LogP contribution >= 0.6 is 0 Å². The minimum atomic E-state index is -0.459. The minimum Gasteiger partial charge on any atom is -0.354 e. The summed E-state index contributed by atoms with van der Waals surface area (Å²) in [5, 5.41) is 2.78. The van der Waals surface area contributed by atoms with E-state index in [0.29, 0.717) is 0 Å². The van der Waals surface area contributed by atoms with Crippen molar-refractivity contribution >= 4 is 17.5 Å². The molecular weight excluding hydrogens is 307 g/mol. The van der Waals surface area contributed by atoms with Crippen molar-refractivity contribution in [1.82, 2.24) is 5.32 Å². The first-order valence-electron chi connectivity index (χ1n) is 7.83. The highest BCUT2D eigenvalue weighted by Crippen LogP contribution is 2.18. The monoisotopic (exact) mass is 328 g/mol. The SMILES string of the molecule is CC(=O)N(CCNC(=O)Cc1ccccc1C)c1ccccc1F. The number of anilines is 1. The lowest BCUT2D eigenvalue weighted by atomic mass is 10.1. The van der Waals surface area contributed by atoms with Crippen LogP contribution in [0.4, 0.5) is 10.1 Å².